The molecule has 0 saturated carbocycles. The van der Waals surface area contributed by atoms with Gasteiger partial charge in [0.05, 0.1) is 7.11 Å². The predicted octanol–water partition coefficient (Wildman–Crippen LogP) is 2.40. The molecule has 0 aliphatic rings. The summed E-state index contributed by atoms with van der Waals surface area (Å²) in [6.07, 6.45) is 0.360. The van der Waals surface area contributed by atoms with E-state index in [-0.39, 0.29) is 23.8 Å². The van der Waals surface area contributed by atoms with Gasteiger partial charge in [-0.3, -0.25) is 4.79 Å². The van der Waals surface area contributed by atoms with Crippen LogP contribution in [0.25, 0.3) is 0 Å². The fraction of sp³-hybridized carbons (Fsp3) is 0.533. The quantitative estimate of drug-likeness (QED) is 0.807. The fourth-order valence-corrected chi connectivity index (χ4v) is 2.01. The number of halogens is 1. The van der Waals surface area contributed by atoms with Crippen molar-refractivity contribution in [1.29, 1.82) is 0 Å². The van der Waals surface area contributed by atoms with E-state index in [1.54, 1.807) is 12.1 Å². The van der Waals surface area contributed by atoms with Crippen LogP contribution in [0, 0.1) is 5.82 Å². The molecular weight excluding hydrogens is 259 g/mol. The zero-order valence-corrected chi connectivity index (χ0v) is 12.5. The maximum absolute atomic E-state index is 13.8. The maximum Gasteiger partial charge on any atom is 0.221 e. The maximum atomic E-state index is 13.8. The molecule has 0 aromatic heterocycles. The second kappa shape index (κ2) is 7.85. The van der Waals surface area contributed by atoms with Gasteiger partial charge in [-0.2, -0.15) is 0 Å². The Hall–Kier alpha value is -1.62. The third-order valence-corrected chi connectivity index (χ3v) is 2.92. The van der Waals surface area contributed by atoms with Crippen molar-refractivity contribution in [3.8, 4) is 5.75 Å². The summed E-state index contributed by atoms with van der Waals surface area (Å²) in [4.78, 5) is 11.5. The zero-order valence-electron chi connectivity index (χ0n) is 12.5. The van der Waals surface area contributed by atoms with E-state index >= 15 is 0 Å². The van der Waals surface area contributed by atoms with Gasteiger partial charge < -0.3 is 15.4 Å². The molecule has 112 valence electrons. The molecule has 0 aliphatic carbocycles. The van der Waals surface area contributed by atoms with Crippen LogP contribution in [0.5, 0.6) is 5.75 Å². The minimum absolute atomic E-state index is 0.0137. The molecule has 1 atom stereocenters. The number of ether oxygens (including phenoxy) is 1. The predicted molar refractivity (Wildman–Crippen MR) is 77.3 cm³/mol. The van der Waals surface area contributed by atoms with Crippen molar-refractivity contribution in [2.24, 2.45) is 0 Å². The number of amides is 1. The van der Waals surface area contributed by atoms with Crippen molar-refractivity contribution in [3.63, 3.8) is 0 Å². The Balaban J connectivity index is 2.55. The summed E-state index contributed by atoms with van der Waals surface area (Å²) in [5, 5.41) is 5.95. The highest BCUT2D eigenvalue weighted by Gasteiger charge is 2.16. The second-order valence-electron chi connectivity index (χ2n) is 5.00. The van der Waals surface area contributed by atoms with Crippen LogP contribution in [-0.2, 0) is 4.79 Å². The normalized spacial score (nSPS) is 12.3. The van der Waals surface area contributed by atoms with E-state index in [1.165, 1.54) is 13.2 Å². The fourth-order valence-electron chi connectivity index (χ4n) is 2.01. The molecule has 0 fully saturated rings. The SMILES string of the molecule is COc1cccc(F)c1C(C)NCCC(=O)NC(C)C. The van der Waals surface area contributed by atoms with Gasteiger partial charge in [-0.1, -0.05) is 6.07 Å². The third-order valence-electron chi connectivity index (χ3n) is 2.92. The number of hydrogen-bond acceptors (Lipinski definition) is 3. The highest BCUT2D eigenvalue weighted by molar-refractivity contribution is 5.76. The van der Waals surface area contributed by atoms with Gasteiger partial charge in [0.2, 0.25) is 5.91 Å². The zero-order chi connectivity index (χ0) is 15.1. The highest BCUT2D eigenvalue weighted by atomic mass is 19.1. The van der Waals surface area contributed by atoms with Crippen LogP contribution < -0.4 is 15.4 Å². The second-order valence-corrected chi connectivity index (χ2v) is 5.00. The monoisotopic (exact) mass is 282 g/mol. The molecule has 0 radical (unpaired) electrons. The lowest BCUT2D eigenvalue weighted by Gasteiger charge is -2.18. The molecule has 1 unspecified atom stereocenters. The lowest BCUT2D eigenvalue weighted by Crippen LogP contribution is -2.33. The van der Waals surface area contributed by atoms with E-state index in [4.69, 9.17) is 4.74 Å². The first kappa shape index (κ1) is 16.4. The summed E-state index contributed by atoms with van der Waals surface area (Å²) in [5.41, 5.74) is 0.485. The Bertz CT molecular complexity index is 449. The number of carbonyl (C=O) groups excluding carboxylic acids is 1. The Morgan fingerprint density at radius 3 is 2.65 bits per heavy atom. The van der Waals surface area contributed by atoms with Crippen LogP contribution in [0.2, 0.25) is 0 Å². The van der Waals surface area contributed by atoms with Gasteiger partial charge in [-0.25, -0.2) is 4.39 Å². The summed E-state index contributed by atoms with van der Waals surface area (Å²) >= 11 is 0. The van der Waals surface area contributed by atoms with Crippen molar-refractivity contribution in [1.82, 2.24) is 10.6 Å². The van der Waals surface area contributed by atoms with Gasteiger partial charge in [0.15, 0.2) is 0 Å². The number of hydrogen-bond donors (Lipinski definition) is 2. The number of carbonyl (C=O) groups is 1. The number of benzene rings is 1. The molecule has 4 nitrogen and oxygen atoms in total. The molecule has 0 heterocycles. The van der Waals surface area contributed by atoms with Gasteiger partial charge in [-0.15, -0.1) is 0 Å². The molecule has 0 bridgehead atoms. The van der Waals surface area contributed by atoms with Crippen molar-refractivity contribution >= 4 is 5.91 Å². The lowest BCUT2D eigenvalue weighted by atomic mass is 10.1. The molecule has 0 aliphatic heterocycles. The van der Waals surface area contributed by atoms with E-state index in [0.29, 0.717) is 24.3 Å². The Morgan fingerprint density at radius 1 is 1.35 bits per heavy atom. The highest BCUT2D eigenvalue weighted by Crippen LogP contribution is 2.27. The van der Waals surface area contributed by atoms with Crippen LogP contribution in [0.3, 0.4) is 0 Å². The van der Waals surface area contributed by atoms with Gasteiger partial charge in [0, 0.05) is 30.6 Å². The van der Waals surface area contributed by atoms with E-state index < -0.39 is 0 Å². The average molecular weight is 282 g/mol. The molecule has 20 heavy (non-hydrogen) atoms. The minimum Gasteiger partial charge on any atom is -0.496 e. The van der Waals surface area contributed by atoms with Crippen LogP contribution >= 0.6 is 0 Å². The first-order chi connectivity index (χ1) is 9.45. The van der Waals surface area contributed by atoms with E-state index in [1.807, 2.05) is 20.8 Å². The topological polar surface area (TPSA) is 50.4 Å². The van der Waals surface area contributed by atoms with Crippen molar-refractivity contribution < 1.29 is 13.9 Å². The van der Waals surface area contributed by atoms with Gasteiger partial charge in [-0.05, 0) is 32.9 Å². The summed E-state index contributed by atoms with van der Waals surface area (Å²) in [5.74, 6) is 0.188. The molecule has 1 aromatic carbocycles. The van der Waals surface area contributed by atoms with Crippen molar-refractivity contribution in [3.05, 3.63) is 29.6 Å². The molecule has 5 heteroatoms. The molecule has 0 spiro atoms. The summed E-state index contributed by atoms with van der Waals surface area (Å²) in [7, 11) is 1.51. The number of methoxy groups -OCH3 is 1. The molecule has 0 saturated heterocycles. The number of rotatable bonds is 7. The first-order valence-electron chi connectivity index (χ1n) is 6.80. The standard InChI is InChI=1S/C15H23FN2O2/c1-10(2)18-14(19)8-9-17-11(3)15-12(16)6-5-7-13(15)20-4/h5-7,10-11,17H,8-9H2,1-4H3,(H,18,19). The van der Waals surface area contributed by atoms with Crippen LogP contribution in [0.1, 0.15) is 38.8 Å². The third kappa shape index (κ3) is 4.81. The number of nitrogens with one attached hydrogen (secondary N) is 2. The Labute approximate surface area is 119 Å². The molecule has 2 N–H and O–H groups in total. The largest absolute Gasteiger partial charge is 0.496 e. The van der Waals surface area contributed by atoms with Gasteiger partial charge in [0.1, 0.15) is 11.6 Å². The first-order valence-corrected chi connectivity index (χ1v) is 6.80. The minimum atomic E-state index is -0.309. The van der Waals surface area contributed by atoms with Crippen LogP contribution in [0.4, 0.5) is 4.39 Å². The molecule has 1 aromatic rings. The van der Waals surface area contributed by atoms with Crippen LogP contribution in [0.15, 0.2) is 18.2 Å². The van der Waals surface area contributed by atoms with Gasteiger partial charge in [0.25, 0.3) is 0 Å². The Kier molecular flexibility index (Phi) is 6.45. The summed E-state index contributed by atoms with van der Waals surface area (Å²) < 4.78 is 19.0. The molecule has 1 rings (SSSR count). The smallest absolute Gasteiger partial charge is 0.221 e. The van der Waals surface area contributed by atoms with Crippen molar-refractivity contribution in [2.75, 3.05) is 13.7 Å². The van der Waals surface area contributed by atoms with Crippen molar-refractivity contribution in [2.45, 2.75) is 39.3 Å². The summed E-state index contributed by atoms with van der Waals surface area (Å²) in [6.45, 7) is 6.16. The van der Waals surface area contributed by atoms with E-state index in [2.05, 4.69) is 10.6 Å². The summed E-state index contributed by atoms with van der Waals surface area (Å²) in [6, 6.07) is 4.65. The Morgan fingerprint density at radius 2 is 2.05 bits per heavy atom. The van der Waals surface area contributed by atoms with Crippen LogP contribution in [-0.4, -0.2) is 25.6 Å². The molecular formula is C15H23FN2O2. The van der Waals surface area contributed by atoms with Gasteiger partial charge >= 0.3 is 0 Å². The lowest BCUT2D eigenvalue weighted by molar-refractivity contribution is -0.121. The van der Waals surface area contributed by atoms with E-state index in [0.717, 1.165) is 0 Å². The molecule has 1 amide bonds. The average Bonchev–Trinajstić information content (AvgIpc) is 2.37. The van der Waals surface area contributed by atoms with E-state index in [9.17, 15) is 9.18 Å².